The minimum atomic E-state index is -0.986. The molecule has 146 valence electrons. The Morgan fingerprint density at radius 2 is 1.86 bits per heavy atom. The van der Waals surface area contributed by atoms with E-state index < -0.39 is 23.8 Å². The number of nitrogens with one attached hydrogen (secondary N) is 2. The predicted octanol–water partition coefficient (Wildman–Crippen LogP) is 3.26. The van der Waals surface area contributed by atoms with E-state index in [4.69, 9.17) is 9.47 Å². The zero-order chi connectivity index (χ0) is 20.4. The van der Waals surface area contributed by atoms with Crippen molar-refractivity contribution in [3.8, 4) is 0 Å². The number of H-pyrrole nitrogens is 2. The normalized spacial score (nSPS) is 12.0. The fourth-order valence-electron chi connectivity index (χ4n) is 3.33. The Hall–Kier alpha value is -3.35. The van der Waals surface area contributed by atoms with E-state index >= 15 is 0 Å². The summed E-state index contributed by atoms with van der Waals surface area (Å²) in [6.07, 6.45) is 0.831. The lowest BCUT2D eigenvalue weighted by atomic mass is 10.1. The van der Waals surface area contributed by atoms with Crippen LogP contribution in [0, 0.1) is 13.8 Å². The molecule has 1 aromatic carbocycles. The molecule has 28 heavy (non-hydrogen) atoms. The van der Waals surface area contributed by atoms with E-state index in [1.54, 1.807) is 20.0 Å². The van der Waals surface area contributed by atoms with Crippen molar-refractivity contribution in [2.75, 3.05) is 7.11 Å². The van der Waals surface area contributed by atoms with Crippen molar-refractivity contribution in [2.24, 2.45) is 0 Å². The zero-order valence-corrected chi connectivity index (χ0v) is 16.2. The van der Waals surface area contributed by atoms with Gasteiger partial charge in [0.2, 0.25) is 5.78 Å². The van der Waals surface area contributed by atoms with Crippen molar-refractivity contribution in [1.82, 2.24) is 9.97 Å². The van der Waals surface area contributed by atoms with E-state index in [1.165, 1.54) is 14.0 Å². The molecule has 7 nitrogen and oxygen atoms in total. The van der Waals surface area contributed by atoms with Crippen molar-refractivity contribution in [3.63, 3.8) is 0 Å². The number of carbonyl (C=O) groups is 3. The van der Waals surface area contributed by atoms with Gasteiger partial charge in [0.15, 0.2) is 6.10 Å². The van der Waals surface area contributed by atoms with Gasteiger partial charge in [-0.25, -0.2) is 4.79 Å². The molecule has 3 aromatic rings. The number of hydrogen-bond donors (Lipinski definition) is 2. The van der Waals surface area contributed by atoms with E-state index in [2.05, 4.69) is 9.97 Å². The number of benzene rings is 1. The van der Waals surface area contributed by atoms with Gasteiger partial charge in [-0.05, 0) is 38.0 Å². The van der Waals surface area contributed by atoms with Crippen molar-refractivity contribution in [3.05, 3.63) is 58.5 Å². The van der Waals surface area contributed by atoms with Crippen LogP contribution in [0.3, 0.4) is 0 Å². The highest BCUT2D eigenvalue weighted by molar-refractivity contribution is 6.04. The summed E-state index contributed by atoms with van der Waals surface area (Å²) >= 11 is 0. The summed E-state index contributed by atoms with van der Waals surface area (Å²) in [6, 6.07) is 7.64. The molecule has 0 saturated heterocycles. The molecule has 0 spiro atoms. The molecule has 2 aromatic heterocycles. The Bertz CT molecular complexity index is 1060. The van der Waals surface area contributed by atoms with Crippen LogP contribution in [0.15, 0.2) is 30.5 Å². The summed E-state index contributed by atoms with van der Waals surface area (Å²) in [7, 11) is 1.28. The van der Waals surface area contributed by atoms with Gasteiger partial charge in [-0.15, -0.1) is 0 Å². The average molecular weight is 382 g/mol. The molecule has 0 bridgehead atoms. The van der Waals surface area contributed by atoms with Crippen LogP contribution in [0.4, 0.5) is 0 Å². The lowest BCUT2D eigenvalue weighted by molar-refractivity contribution is -0.145. The van der Waals surface area contributed by atoms with Gasteiger partial charge in [0.05, 0.1) is 24.8 Å². The lowest BCUT2D eigenvalue weighted by Crippen LogP contribution is -2.26. The molecule has 7 heteroatoms. The van der Waals surface area contributed by atoms with E-state index in [-0.39, 0.29) is 12.1 Å². The highest BCUT2D eigenvalue weighted by Gasteiger charge is 2.27. The fourth-order valence-corrected chi connectivity index (χ4v) is 3.33. The van der Waals surface area contributed by atoms with Crippen LogP contribution in [0.2, 0.25) is 0 Å². The Kier molecular flexibility index (Phi) is 5.35. The Morgan fingerprint density at radius 3 is 2.57 bits per heavy atom. The van der Waals surface area contributed by atoms with Crippen molar-refractivity contribution in [2.45, 2.75) is 33.3 Å². The highest BCUT2D eigenvalue weighted by atomic mass is 16.5. The number of hydrogen-bond acceptors (Lipinski definition) is 5. The second-order valence-electron chi connectivity index (χ2n) is 6.65. The number of esters is 2. The number of aromatic amines is 2. The van der Waals surface area contributed by atoms with Crippen LogP contribution in [0.25, 0.3) is 10.9 Å². The third-order valence-corrected chi connectivity index (χ3v) is 4.76. The fraction of sp³-hybridized carbons (Fsp3) is 0.286. The molecule has 0 fully saturated rings. The predicted molar refractivity (Wildman–Crippen MR) is 103 cm³/mol. The number of ether oxygens (including phenoxy) is 2. The Morgan fingerprint density at radius 1 is 1.14 bits per heavy atom. The van der Waals surface area contributed by atoms with E-state index in [1.807, 2.05) is 24.3 Å². The van der Waals surface area contributed by atoms with E-state index in [0.717, 1.165) is 16.5 Å². The van der Waals surface area contributed by atoms with Gasteiger partial charge in [-0.3, -0.25) is 9.59 Å². The first-order valence-corrected chi connectivity index (χ1v) is 8.89. The van der Waals surface area contributed by atoms with Crippen LogP contribution < -0.4 is 0 Å². The van der Waals surface area contributed by atoms with Crippen LogP contribution in [-0.4, -0.2) is 40.9 Å². The summed E-state index contributed by atoms with van der Waals surface area (Å²) in [4.78, 5) is 43.0. The first-order chi connectivity index (χ1) is 13.3. The second kappa shape index (κ2) is 7.72. The lowest BCUT2D eigenvalue weighted by Gasteiger charge is -2.12. The summed E-state index contributed by atoms with van der Waals surface area (Å²) in [5.41, 5.74) is 3.31. The third kappa shape index (κ3) is 3.55. The molecule has 0 aliphatic rings. The van der Waals surface area contributed by atoms with Gasteiger partial charge >= 0.3 is 11.9 Å². The second-order valence-corrected chi connectivity index (χ2v) is 6.65. The first kappa shape index (κ1) is 19.4. The standard InChI is InChI=1S/C21H22N2O5/c1-11-18(21(26)27-4)12(2)23-19(11)20(25)13(3)28-17(24)9-14-10-22-16-8-6-5-7-15(14)16/h5-8,10,13,22-23H,9H2,1-4H3/t13-/m0/s1. The molecule has 0 unspecified atom stereocenters. The number of fused-ring (bicyclic) bond motifs is 1. The monoisotopic (exact) mass is 382 g/mol. The summed E-state index contributed by atoms with van der Waals surface area (Å²) in [5.74, 6) is -1.42. The number of ketones is 1. The molecule has 2 heterocycles. The number of methoxy groups -OCH3 is 1. The molecule has 0 aliphatic carbocycles. The van der Waals surface area contributed by atoms with Crippen molar-refractivity contribution in [1.29, 1.82) is 0 Å². The highest BCUT2D eigenvalue weighted by Crippen LogP contribution is 2.22. The number of rotatable bonds is 6. The number of carbonyl (C=O) groups excluding carboxylic acids is 3. The van der Waals surface area contributed by atoms with Gasteiger partial charge in [-0.2, -0.15) is 0 Å². The van der Waals surface area contributed by atoms with Crippen LogP contribution in [0.1, 0.15) is 44.6 Å². The first-order valence-electron chi connectivity index (χ1n) is 8.89. The Labute approximate surface area is 162 Å². The minimum Gasteiger partial charge on any atom is -0.465 e. The van der Waals surface area contributed by atoms with E-state index in [9.17, 15) is 14.4 Å². The van der Waals surface area contributed by atoms with Gasteiger partial charge in [-0.1, -0.05) is 18.2 Å². The number of Topliss-reactive ketones (excluding diaryl/α,β-unsaturated/α-hetero) is 1. The molecular formula is C21H22N2O5. The number of aryl methyl sites for hydroxylation is 1. The quantitative estimate of drug-likeness (QED) is 0.503. The summed E-state index contributed by atoms with van der Waals surface area (Å²) in [5, 5.41) is 0.942. The zero-order valence-electron chi connectivity index (χ0n) is 16.2. The third-order valence-electron chi connectivity index (χ3n) is 4.76. The topological polar surface area (TPSA) is 101 Å². The molecule has 0 amide bonds. The molecule has 1 atom stereocenters. The number of para-hydroxylation sites is 1. The van der Waals surface area contributed by atoms with Crippen molar-refractivity contribution >= 4 is 28.6 Å². The van der Waals surface area contributed by atoms with Gasteiger partial charge in [0.25, 0.3) is 0 Å². The maximum absolute atomic E-state index is 12.7. The van der Waals surface area contributed by atoms with Crippen LogP contribution in [-0.2, 0) is 20.7 Å². The largest absolute Gasteiger partial charge is 0.465 e. The molecule has 0 saturated carbocycles. The molecule has 0 radical (unpaired) electrons. The van der Waals surface area contributed by atoms with Crippen LogP contribution >= 0.6 is 0 Å². The van der Waals surface area contributed by atoms with Crippen molar-refractivity contribution < 1.29 is 23.9 Å². The van der Waals surface area contributed by atoms with Gasteiger partial charge in [0, 0.05) is 22.8 Å². The molecular weight excluding hydrogens is 360 g/mol. The maximum atomic E-state index is 12.7. The SMILES string of the molecule is COC(=O)c1c(C)[nH]c(C(=O)[C@H](C)OC(=O)Cc2c[nH]c3ccccc23)c1C. The number of aromatic nitrogens is 2. The van der Waals surface area contributed by atoms with Gasteiger partial charge in [0.1, 0.15) is 0 Å². The molecule has 2 N–H and O–H groups in total. The minimum absolute atomic E-state index is 0.0534. The average Bonchev–Trinajstić information content (AvgIpc) is 3.21. The van der Waals surface area contributed by atoms with Crippen LogP contribution in [0.5, 0.6) is 0 Å². The Balaban J connectivity index is 1.72. The maximum Gasteiger partial charge on any atom is 0.339 e. The van der Waals surface area contributed by atoms with E-state index in [0.29, 0.717) is 16.8 Å². The summed E-state index contributed by atoms with van der Waals surface area (Å²) in [6.45, 7) is 4.86. The summed E-state index contributed by atoms with van der Waals surface area (Å²) < 4.78 is 10.1. The van der Waals surface area contributed by atoms with Gasteiger partial charge < -0.3 is 19.4 Å². The molecule has 0 aliphatic heterocycles. The molecule has 3 rings (SSSR count). The smallest absolute Gasteiger partial charge is 0.339 e.